The molecular formula is C21H20ClNO4. The predicted molar refractivity (Wildman–Crippen MR) is 104 cm³/mol. The molecule has 0 aliphatic carbocycles. The fourth-order valence-electron chi connectivity index (χ4n) is 2.72. The van der Waals surface area contributed by atoms with E-state index in [1.165, 1.54) is 0 Å². The Morgan fingerprint density at radius 1 is 1.04 bits per heavy atom. The topological polar surface area (TPSA) is 51.9 Å². The standard InChI is InChI=1S/C21H20ClNO4/c1-23(13-15-6-9-17(25-2)12-20(15)26-3)21(24)19-11-10-18(27-19)14-4-7-16(22)8-5-14/h4-12H,13H2,1-3H3. The number of rotatable bonds is 6. The Morgan fingerprint density at radius 2 is 1.78 bits per heavy atom. The van der Waals surface area contributed by atoms with Gasteiger partial charge in [0, 0.05) is 35.8 Å². The molecule has 0 N–H and O–H groups in total. The summed E-state index contributed by atoms with van der Waals surface area (Å²) in [6.07, 6.45) is 0. The lowest BCUT2D eigenvalue weighted by molar-refractivity contribution is 0.0753. The molecule has 3 rings (SSSR count). The summed E-state index contributed by atoms with van der Waals surface area (Å²) in [5.74, 6) is 2.03. The molecule has 3 aromatic rings. The normalized spacial score (nSPS) is 10.5. The molecule has 0 fully saturated rings. The number of benzene rings is 2. The SMILES string of the molecule is COc1ccc(CN(C)C(=O)c2ccc(-c3ccc(Cl)cc3)o2)c(OC)c1. The van der Waals surface area contributed by atoms with E-state index < -0.39 is 0 Å². The van der Waals surface area contributed by atoms with E-state index in [0.29, 0.717) is 28.8 Å². The Hall–Kier alpha value is -2.92. The zero-order valence-electron chi connectivity index (χ0n) is 15.4. The van der Waals surface area contributed by atoms with Crippen LogP contribution in [0.25, 0.3) is 11.3 Å². The number of carbonyl (C=O) groups is 1. The highest BCUT2D eigenvalue weighted by Crippen LogP contribution is 2.27. The van der Waals surface area contributed by atoms with Crippen LogP contribution in [0.2, 0.25) is 5.02 Å². The van der Waals surface area contributed by atoms with Gasteiger partial charge < -0.3 is 18.8 Å². The molecule has 1 aromatic heterocycles. The first kappa shape index (κ1) is 18.9. The molecule has 0 bridgehead atoms. The van der Waals surface area contributed by atoms with Gasteiger partial charge in [0.25, 0.3) is 5.91 Å². The highest BCUT2D eigenvalue weighted by molar-refractivity contribution is 6.30. The second-order valence-corrected chi connectivity index (χ2v) is 6.45. The van der Waals surface area contributed by atoms with E-state index in [1.54, 1.807) is 56.5 Å². The van der Waals surface area contributed by atoms with Gasteiger partial charge in [-0.2, -0.15) is 0 Å². The number of hydrogen-bond acceptors (Lipinski definition) is 4. The van der Waals surface area contributed by atoms with Crippen molar-refractivity contribution < 1.29 is 18.7 Å². The van der Waals surface area contributed by atoms with Crippen LogP contribution in [0.3, 0.4) is 0 Å². The maximum atomic E-state index is 12.7. The highest BCUT2D eigenvalue weighted by Gasteiger charge is 2.18. The van der Waals surface area contributed by atoms with Crippen molar-refractivity contribution in [2.45, 2.75) is 6.54 Å². The van der Waals surface area contributed by atoms with Crippen molar-refractivity contribution in [2.24, 2.45) is 0 Å². The summed E-state index contributed by atoms with van der Waals surface area (Å²) in [5.41, 5.74) is 1.73. The van der Waals surface area contributed by atoms with Crippen LogP contribution in [-0.2, 0) is 6.54 Å². The summed E-state index contributed by atoms with van der Waals surface area (Å²) in [4.78, 5) is 14.3. The third kappa shape index (κ3) is 4.26. The van der Waals surface area contributed by atoms with Crippen molar-refractivity contribution in [3.8, 4) is 22.8 Å². The number of halogens is 1. The lowest BCUT2D eigenvalue weighted by atomic mass is 10.1. The molecule has 2 aromatic carbocycles. The summed E-state index contributed by atoms with van der Waals surface area (Å²) in [6.45, 7) is 0.378. The van der Waals surface area contributed by atoms with Gasteiger partial charge in [-0.3, -0.25) is 4.79 Å². The van der Waals surface area contributed by atoms with Crippen molar-refractivity contribution in [1.29, 1.82) is 0 Å². The van der Waals surface area contributed by atoms with E-state index >= 15 is 0 Å². The second kappa shape index (κ2) is 8.18. The zero-order valence-corrected chi connectivity index (χ0v) is 16.1. The van der Waals surface area contributed by atoms with Crippen LogP contribution in [0, 0.1) is 0 Å². The van der Waals surface area contributed by atoms with Gasteiger partial charge in [-0.15, -0.1) is 0 Å². The predicted octanol–water partition coefficient (Wildman–Crippen LogP) is 4.89. The van der Waals surface area contributed by atoms with Gasteiger partial charge in [0.2, 0.25) is 0 Å². The summed E-state index contributed by atoms with van der Waals surface area (Å²) in [5, 5.41) is 0.648. The molecule has 140 valence electrons. The molecule has 5 nitrogen and oxygen atoms in total. The largest absolute Gasteiger partial charge is 0.497 e. The lowest BCUT2D eigenvalue weighted by Gasteiger charge is -2.18. The molecular weight excluding hydrogens is 366 g/mol. The van der Waals surface area contributed by atoms with Crippen LogP contribution in [0.15, 0.2) is 59.0 Å². The second-order valence-electron chi connectivity index (χ2n) is 6.01. The van der Waals surface area contributed by atoms with E-state index in [0.717, 1.165) is 11.1 Å². The fourth-order valence-corrected chi connectivity index (χ4v) is 2.85. The number of furan rings is 1. The first-order valence-electron chi connectivity index (χ1n) is 8.34. The van der Waals surface area contributed by atoms with Gasteiger partial charge in [-0.05, 0) is 48.5 Å². The summed E-state index contributed by atoms with van der Waals surface area (Å²) >= 11 is 5.91. The van der Waals surface area contributed by atoms with E-state index in [4.69, 9.17) is 25.5 Å². The third-order valence-corrected chi connectivity index (χ3v) is 4.45. The molecule has 0 radical (unpaired) electrons. The van der Waals surface area contributed by atoms with Crippen LogP contribution >= 0.6 is 11.6 Å². The maximum Gasteiger partial charge on any atom is 0.289 e. The number of carbonyl (C=O) groups excluding carboxylic acids is 1. The fraction of sp³-hybridized carbons (Fsp3) is 0.190. The van der Waals surface area contributed by atoms with Crippen LogP contribution in [0.4, 0.5) is 0 Å². The zero-order chi connectivity index (χ0) is 19.4. The monoisotopic (exact) mass is 385 g/mol. The molecule has 1 heterocycles. The smallest absolute Gasteiger partial charge is 0.289 e. The quantitative estimate of drug-likeness (QED) is 0.606. The molecule has 6 heteroatoms. The van der Waals surface area contributed by atoms with Crippen molar-refractivity contribution in [1.82, 2.24) is 4.90 Å². The van der Waals surface area contributed by atoms with Gasteiger partial charge in [-0.1, -0.05) is 11.6 Å². The van der Waals surface area contributed by atoms with Gasteiger partial charge in [0.05, 0.1) is 14.2 Å². The van der Waals surface area contributed by atoms with Gasteiger partial charge in [0.1, 0.15) is 17.3 Å². The Labute approximate surface area is 163 Å². The van der Waals surface area contributed by atoms with E-state index in [-0.39, 0.29) is 11.7 Å². The summed E-state index contributed by atoms with van der Waals surface area (Å²) in [7, 11) is 4.90. The first-order valence-corrected chi connectivity index (χ1v) is 8.71. The Bertz CT molecular complexity index is 934. The minimum absolute atomic E-state index is 0.215. The average molecular weight is 386 g/mol. The van der Waals surface area contributed by atoms with Crippen molar-refractivity contribution >= 4 is 17.5 Å². The molecule has 0 aliphatic rings. The number of ether oxygens (including phenoxy) is 2. The Morgan fingerprint density at radius 3 is 2.44 bits per heavy atom. The molecule has 0 saturated carbocycles. The molecule has 1 amide bonds. The lowest BCUT2D eigenvalue weighted by Crippen LogP contribution is -2.26. The van der Waals surface area contributed by atoms with E-state index in [2.05, 4.69) is 0 Å². The summed E-state index contributed by atoms with van der Waals surface area (Å²) in [6, 6.07) is 16.2. The van der Waals surface area contributed by atoms with Crippen molar-refractivity contribution in [3.63, 3.8) is 0 Å². The average Bonchev–Trinajstić information content (AvgIpc) is 3.18. The van der Waals surface area contributed by atoms with E-state index in [9.17, 15) is 4.79 Å². The number of amides is 1. The maximum absolute atomic E-state index is 12.7. The highest BCUT2D eigenvalue weighted by atomic mass is 35.5. The van der Waals surface area contributed by atoms with Gasteiger partial charge in [-0.25, -0.2) is 0 Å². The minimum Gasteiger partial charge on any atom is -0.497 e. The molecule has 0 aliphatic heterocycles. The molecule has 0 saturated heterocycles. The van der Waals surface area contributed by atoms with Crippen molar-refractivity contribution in [2.75, 3.05) is 21.3 Å². The Kier molecular flexibility index (Phi) is 5.72. The number of methoxy groups -OCH3 is 2. The van der Waals surface area contributed by atoms with Gasteiger partial charge in [0.15, 0.2) is 5.76 Å². The molecule has 0 atom stereocenters. The minimum atomic E-state index is -0.215. The van der Waals surface area contributed by atoms with Crippen molar-refractivity contribution in [3.05, 3.63) is 70.9 Å². The summed E-state index contributed by atoms with van der Waals surface area (Å²) < 4.78 is 16.3. The number of nitrogens with zero attached hydrogens (tertiary/aromatic N) is 1. The molecule has 27 heavy (non-hydrogen) atoms. The van der Waals surface area contributed by atoms with Crippen LogP contribution in [0.1, 0.15) is 16.1 Å². The molecule has 0 unspecified atom stereocenters. The number of hydrogen-bond donors (Lipinski definition) is 0. The van der Waals surface area contributed by atoms with Gasteiger partial charge >= 0.3 is 0 Å². The van der Waals surface area contributed by atoms with Crippen LogP contribution in [-0.4, -0.2) is 32.1 Å². The third-order valence-electron chi connectivity index (χ3n) is 4.19. The molecule has 0 spiro atoms. The Balaban J connectivity index is 1.75. The van der Waals surface area contributed by atoms with Crippen LogP contribution in [0.5, 0.6) is 11.5 Å². The van der Waals surface area contributed by atoms with Crippen LogP contribution < -0.4 is 9.47 Å². The first-order chi connectivity index (χ1) is 13.0. The van der Waals surface area contributed by atoms with E-state index in [1.807, 2.05) is 24.3 Å².